The SMILES string of the molecule is CCCCCCCCCCCC(=O)c1ccc(Cl)c(C)c1. The molecule has 0 fully saturated rings. The van der Waals surface area contributed by atoms with E-state index in [4.69, 9.17) is 11.6 Å². The van der Waals surface area contributed by atoms with Gasteiger partial charge in [-0.05, 0) is 37.1 Å². The van der Waals surface area contributed by atoms with Gasteiger partial charge in [-0.15, -0.1) is 0 Å². The number of Topliss-reactive ketones (excluding diaryl/α,β-unsaturated/α-hetero) is 1. The van der Waals surface area contributed by atoms with Crippen molar-refractivity contribution in [2.45, 2.75) is 78.1 Å². The molecule has 0 amide bonds. The van der Waals surface area contributed by atoms with Gasteiger partial charge in [-0.2, -0.15) is 0 Å². The van der Waals surface area contributed by atoms with Crippen LogP contribution in [-0.4, -0.2) is 5.78 Å². The summed E-state index contributed by atoms with van der Waals surface area (Å²) in [4.78, 5) is 12.1. The van der Waals surface area contributed by atoms with Gasteiger partial charge in [-0.1, -0.05) is 69.9 Å². The van der Waals surface area contributed by atoms with E-state index in [0.29, 0.717) is 6.42 Å². The number of benzene rings is 1. The highest BCUT2D eigenvalue weighted by atomic mass is 35.5. The molecule has 0 unspecified atom stereocenters. The molecule has 21 heavy (non-hydrogen) atoms. The van der Waals surface area contributed by atoms with Gasteiger partial charge in [-0.25, -0.2) is 0 Å². The fraction of sp³-hybridized carbons (Fsp3) is 0.632. The number of hydrogen-bond donors (Lipinski definition) is 0. The van der Waals surface area contributed by atoms with Crippen molar-refractivity contribution in [3.05, 3.63) is 34.3 Å². The first-order valence-electron chi connectivity index (χ1n) is 8.44. The van der Waals surface area contributed by atoms with Gasteiger partial charge in [0.2, 0.25) is 0 Å². The third-order valence-electron chi connectivity index (χ3n) is 3.99. The highest BCUT2D eigenvalue weighted by Crippen LogP contribution is 2.18. The van der Waals surface area contributed by atoms with Crippen LogP contribution in [0.15, 0.2) is 18.2 Å². The summed E-state index contributed by atoms with van der Waals surface area (Å²) in [6.07, 6.45) is 12.2. The van der Waals surface area contributed by atoms with Crippen LogP contribution in [0.25, 0.3) is 0 Å². The normalized spacial score (nSPS) is 10.8. The second kappa shape index (κ2) is 10.8. The van der Waals surface area contributed by atoms with Gasteiger partial charge in [0.15, 0.2) is 5.78 Å². The smallest absolute Gasteiger partial charge is 0.162 e. The first-order valence-corrected chi connectivity index (χ1v) is 8.82. The number of aryl methyl sites for hydroxylation is 1. The molecule has 0 aliphatic carbocycles. The number of halogens is 1. The third kappa shape index (κ3) is 7.66. The number of hydrogen-bond acceptors (Lipinski definition) is 1. The third-order valence-corrected chi connectivity index (χ3v) is 4.41. The lowest BCUT2D eigenvalue weighted by atomic mass is 10.0. The van der Waals surface area contributed by atoms with Crippen LogP contribution >= 0.6 is 11.6 Å². The summed E-state index contributed by atoms with van der Waals surface area (Å²) in [5, 5.41) is 0.731. The van der Waals surface area contributed by atoms with Gasteiger partial charge in [0.25, 0.3) is 0 Å². The molecule has 1 rings (SSSR count). The Balaban J connectivity index is 2.09. The van der Waals surface area contributed by atoms with E-state index >= 15 is 0 Å². The Morgan fingerprint density at radius 1 is 0.952 bits per heavy atom. The summed E-state index contributed by atoms with van der Waals surface area (Å²) in [6.45, 7) is 4.19. The van der Waals surface area contributed by atoms with Crippen molar-refractivity contribution in [2.75, 3.05) is 0 Å². The Labute approximate surface area is 135 Å². The lowest BCUT2D eigenvalue weighted by Crippen LogP contribution is -1.99. The Bertz CT molecular complexity index is 426. The highest BCUT2D eigenvalue weighted by molar-refractivity contribution is 6.31. The fourth-order valence-corrected chi connectivity index (χ4v) is 2.68. The van der Waals surface area contributed by atoms with Crippen LogP contribution in [0.5, 0.6) is 0 Å². The zero-order valence-corrected chi connectivity index (χ0v) is 14.3. The molecule has 1 aromatic carbocycles. The van der Waals surface area contributed by atoms with Crippen molar-refractivity contribution in [3.8, 4) is 0 Å². The molecule has 0 heterocycles. The number of ketones is 1. The van der Waals surface area contributed by atoms with Crippen molar-refractivity contribution in [3.63, 3.8) is 0 Å². The largest absolute Gasteiger partial charge is 0.294 e. The second-order valence-electron chi connectivity index (χ2n) is 5.97. The maximum Gasteiger partial charge on any atom is 0.162 e. The highest BCUT2D eigenvalue weighted by Gasteiger charge is 2.07. The minimum atomic E-state index is 0.248. The predicted molar refractivity (Wildman–Crippen MR) is 92.4 cm³/mol. The lowest BCUT2D eigenvalue weighted by Gasteiger charge is -2.04. The fourth-order valence-electron chi connectivity index (χ4n) is 2.56. The maximum atomic E-state index is 12.1. The van der Waals surface area contributed by atoms with E-state index in [1.54, 1.807) is 0 Å². The molecule has 0 bridgehead atoms. The number of carbonyl (C=O) groups excluding carboxylic acids is 1. The molecule has 1 nitrogen and oxygen atoms in total. The molecule has 1 aromatic rings. The van der Waals surface area contributed by atoms with E-state index in [9.17, 15) is 4.79 Å². The summed E-state index contributed by atoms with van der Waals surface area (Å²) in [5.74, 6) is 0.248. The minimum Gasteiger partial charge on any atom is -0.294 e. The molecule has 0 saturated carbocycles. The summed E-state index contributed by atoms with van der Waals surface area (Å²) in [5.41, 5.74) is 1.78. The predicted octanol–water partition coefficient (Wildman–Crippen LogP) is 6.75. The molecule has 0 spiro atoms. The van der Waals surface area contributed by atoms with Crippen molar-refractivity contribution in [1.29, 1.82) is 0 Å². The topological polar surface area (TPSA) is 17.1 Å². The van der Waals surface area contributed by atoms with Crippen LogP contribution in [0.2, 0.25) is 5.02 Å². The summed E-state index contributed by atoms with van der Waals surface area (Å²) >= 11 is 5.98. The molecular weight excluding hydrogens is 280 g/mol. The van der Waals surface area contributed by atoms with Crippen LogP contribution in [0.3, 0.4) is 0 Å². The monoisotopic (exact) mass is 308 g/mol. The van der Waals surface area contributed by atoms with Crippen molar-refractivity contribution in [2.24, 2.45) is 0 Å². The van der Waals surface area contributed by atoms with E-state index in [-0.39, 0.29) is 5.78 Å². The molecule has 0 aromatic heterocycles. The molecule has 0 aliphatic heterocycles. The number of unbranched alkanes of at least 4 members (excludes halogenated alkanes) is 8. The molecule has 118 valence electrons. The Morgan fingerprint density at radius 3 is 2.10 bits per heavy atom. The molecule has 2 heteroatoms. The van der Waals surface area contributed by atoms with E-state index in [1.807, 2.05) is 25.1 Å². The van der Waals surface area contributed by atoms with E-state index in [0.717, 1.165) is 22.6 Å². The Hall–Kier alpha value is -0.820. The Morgan fingerprint density at radius 2 is 1.52 bits per heavy atom. The first kappa shape index (κ1) is 18.2. The van der Waals surface area contributed by atoms with Crippen LogP contribution < -0.4 is 0 Å². The number of rotatable bonds is 11. The van der Waals surface area contributed by atoms with Crippen molar-refractivity contribution in [1.82, 2.24) is 0 Å². The van der Waals surface area contributed by atoms with Gasteiger partial charge in [0.05, 0.1) is 0 Å². The molecular formula is C19H29ClO. The lowest BCUT2D eigenvalue weighted by molar-refractivity contribution is 0.0979. The Kier molecular flexibility index (Phi) is 9.41. The second-order valence-corrected chi connectivity index (χ2v) is 6.37. The van der Waals surface area contributed by atoms with Crippen LogP contribution in [0.1, 0.15) is 87.1 Å². The van der Waals surface area contributed by atoms with Gasteiger partial charge in [0.1, 0.15) is 0 Å². The van der Waals surface area contributed by atoms with Gasteiger partial charge in [0, 0.05) is 17.0 Å². The molecule has 0 atom stereocenters. The summed E-state index contributed by atoms with van der Waals surface area (Å²) < 4.78 is 0. The molecule has 0 radical (unpaired) electrons. The molecule has 0 saturated heterocycles. The summed E-state index contributed by atoms with van der Waals surface area (Å²) in [6, 6.07) is 5.56. The average Bonchev–Trinajstić information content (AvgIpc) is 2.48. The zero-order chi connectivity index (χ0) is 15.5. The zero-order valence-electron chi connectivity index (χ0n) is 13.6. The van der Waals surface area contributed by atoms with E-state index < -0.39 is 0 Å². The standard InChI is InChI=1S/C19H29ClO/c1-3-4-5-6-7-8-9-10-11-12-19(21)17-13-14-18(20)16(2)15-17/h13-15H,3-12H2,1-2H3. The number of carbonyl (C=O) groups is 1. The quantitative estimate of drug-likeness (QED) is 0.326. The van der Waals surface area contributed by atoms with Crippen LogP contribution in [0.4, 0.5) is 0 Å². The minimum absolute atomic E-state index is 0.248. The van der Waals surface area contributed by atoms with E-state index in [2.05, 4.69) is 6.92 Å². The summed E-state index contributed by atoms with van der Waals surface area (Å²) in [7, 11) is 0. The van der Waals surface area contributed by atoms with Crippen LogP contribution in [0, 0.1) is 6.92 Å². The van der Waals surface area contributed by atoms with E-state index in [1.165, 1.54) is 51.4 Å². The average molecular weight is 309 g/mol. The first-order chi connectivity index (χ1) is 10.1. The van der Waals surface area contributed by atoms with Crippen molar-refractivity contribution < 1.29 is 4.79 Å². The molecule has 0 aliphatic rings. The molecule has 0 N–H and O–H groups in total. The van der Waals surface area contributed by atoms with Gasteiger partial charge >= 0.3 is 0 Å². The van der Waals surface area contributed by atoms with Crippen LogP contribution in [-0.2, 0) is 0 Å². The van der Waals surface area contributed by atoms with Gasteiger partial charge in [-0.3, -0.25) is 4.79 Å². The van der Waals surface area contributed by atoms with Crippen molar-refractivity contribution >= 4 is 17.4 Å². The van der Waals surface area contributed by atoms with Gasteiger partial charge < -0.3 is 0 Å². The maximum absolute atomic E-state index is 12.1.